The number of fused-ring (bicyclic) bond motifs is 1. The number of pyridine rings is 1. The minimum Gasteiger partial charge on any atom is -0.496 e. The molecule has 0 aliphatic rings. The topological polar surface area (TPSA) is 57.9 Å². The first-order chi connectivity index (χ1) is 9.22. The SMILES string of the molecule is CCCNc1c(C#N)cnc2c(Br)ccc(OC)c12. The van der Waals surface area contributed by atoms with Crippen LogP contribution >= 0.6 is 15.9 Å². The van der Waals surface area contributed by atoms with Gasteiger partial charge in [-0.25, -0.2) is 0 Å². The van der Waals surface area contributed by atoms with Gasteiger partial charge in [0.05, 0.1) is 29.3 Å². The smallest absolute Gasteiger partial charge is 0.130 e. The van der Waals surface area contributed by atoms with Crippen molar-refractivity contribution in [3.05, 3.63) is 28.4 Å². The highest BCUT2D eigenvalue weighted by Crippen LogP contribution is 2.37. The normalized spacial score (nSPS) is 10.2. The number of nitrogens with one attached hydrogen (secondary N) is 1. The second-order valence-corrected chi connectivity index (χ2v) is 4.91. The van der Waals surface area contributed by atoms with E-state index in [0.717, 1.165) is 34.0 Å². The van der Waals surface area contributed by atoms with E-state index in [1.165, 1.54) is 0 Å². The minimum atomic E-state index is 0.525. The zero-order chi connectivity index (χ0) is 13.8. The van der Waals surface area contributed by atoms with E-state index in [2.05, 4.69) is 39.2 Å². The number of hydrogen-bond donors (Lipinski definition) is 1. The molecule has 19 heavy (non-hydrogen) atoms. The second-order valence-electron chi connectivity index (χ2n) is 4.06. The fourth-order valence-corrected chi connectivity index (χ4v) is 2.36. The van der Waals surface area contributed by atoms with Gasteiger partial charge in [-0.3, -0.25) is 4.98 Å². The average Bonchev–Trinajstić information content (AvgIpc) is 2.45. The summed E-state index contributed by atoms with van der Waals surface area (Å²) < 4.78 is 6.27. The summed E-state index contributed by atoms with van der Waals surface area (Å²) in [7, 11) is 1.62. The number of ether oxygens (including phenoxy) is 1. The second kappa shape index (κ2) is 5.89. The predicted octanol–water partition coefficient (Wildman–Crippen LogP) is 3.70. The molecule has 1 aromatic heterocycles. The average molecular weight is 320 g/mol. The van der Waals surface area contributed by atoms with E-state index in [1.807, 2.05) is 12.1 Å². The van der Waals surface area contributed by atoms with E-state index < -0.39 is 0 Å². The molecule has 0 spiro atoms. The van der Waals surface area contributed by atoms with Crippen LogP contribution in [0.1, 0.15) is 18.9 Å². The lowest BCUT2D eigenvalue weighted by Crippen LogP contribution is -2.04. The first-order valence-corrected chi connectivity index (χ1v) is 6.81. The molecule has 2 aromatic rings. The number of anilines is 1. The van der Waals surface area contributed by atoms with E-state index >= 15 is 0 Å². The third kappa shape index (κ3) is 2.49. The van der Waals surface area contributed by atoms with Crippen molar-refractivity contribution >= 4 is 32.5 Å². The highest BCUT2D eigenvalue weighted by atomic mass is 79.9. The van der Waals surface area contributed by atoms with Crippen molar-refractivity contribution in [3.63, 3.8) is 0 Å². The third-order valence-electron chi connectivity index (χ3n) is 2.82. The fourth-order valence-electron chi connectivity index (χ4n) is 1.93. The Balaban J connectivity index is 2.78. The van der Waals surface area contributed by atoms with E-state index in [0.29, 0.717) is 11.3 Å². The van der Waals surface area contributed by atoms with Crippen molar-refractivity contribution in [1.82, 2.24) is 4.98 Å². The van der Waals surface area contributed by atoms with Gasteiger partial charge in [-0.15, -0.1) is 0 Å². The highest BCUT2D eigenvalue weighted by Gasteiger charge is 2.14. The molecule has 0 saturated carbocycles. The maximum Gasteiger partial charge on any atom is 0.130 e. The third-order valence-corrected chi connectivity index (χ3v) is 3.46. The lowest BCUT2D eigenvalue weighted by Gasteiger charge is -2.14. The van der Waals surface area contributed by atoms with Crippen LogP contribution in [0.15, 0.2) is 22.8 Å². The number of rotatable bonds is 4. The van der Waals surface area contributed by atoms with Crippen LogP contribution in [0, 0.1) is 11.3 Å². The molecule has 5 heteroatoms. The van der Waals surface area contributed by atoms with Gasteiger partial charge in [-0.05, 0) is 34.5 Å². The van der Waals surface area contributed by atoms with E-state index in [9.17, 15) is 5.26 Å². The summed E-state index contributed by atoms with van der Waals surface area (Å²) >= 11 is 3.48. The molecule has 0 amide bonds. The maximum absolute atomic E-state index is 9.23. The molecular weight excluding hydrogens is 306 g/mol. The van der Waals surface area contributed by atoms with Gasteiger partial charge in [0, 0.05) is 17.2 Å². The molecule has 4 nitrogen and oxygen atoms in total. The highest BCUT2D eigenvalue weighted by molar-refractivity contribution is 9.10. The monoisotopic (exact) mass is 319 g/mol. The maximum atomic E-state index is 9.23. The largest absolute Gasteiger partial charge is 0.496 e. The zero-order valence-electron chi connectivity index (χ0n) is 10.8. The number of hydrogen-bond acceptors (Lipinski definition) is 4. The number of aromatic nitrogens is 1. The molecule has 0 saturated heterocycles. The Morgan fingerprint density at radius 1 is 1.47 bits per heavy atom. The Labute approximate surface area is 120 Å². The van der Waals surface area contributed by atoms with Crippen LogP contribution in [0.3, 0.4) is 0 Å². The van der Waals surface area contributed by atoms with Crippen LogP contribution in [0.4, 0.5) is 5.69 Å². The fraction of sp³-hybridized carbons (Fsp3) is 0.286. The van der Waals surface area contributed by atoms with Gasteiger partial charge in [-0.2, -0.15) is 5.26 Å². The molecule has 0 aliphatic carbocycles. The van der Waals surface area contributed by atoms with Gasteiger partial charge in [0.15, 0.2) is 0 Å². The molecule has 1 aromatic carbocycles. The van der Waals surface area contributed by atoms with Crippen molar-refractivity contribution in [3.8, 4) is 11.8 Å². The van der Waals surface area contributed by atoms with Crippen LogP contribution in [0.5, 0.6) is 5.75 Å². The molecule has 1 N–H and O–H groups in total. The van der Waals surface area contributed by atoms with Crippen molar-refractivity contribution in [2.75, 3.05) is 19.0 Å². The summed E-state index contributed by atoms with van der Waals surface area (Å²) in [4.78, 5) is 4.34. The first-order valence-electron chi connectivity index (χ1n) is 6.02. The van der Waals surface area contributed by atoms with E-state index in [-0.39, 0.29) is 0 Å². The van der Waals surface area contributed by atoms with Gasteiger partial charge < -0.3 is 10.1 Å². The molecule has 1 heterocycles. The molecular formula is C14H14BrN3O. The van der Waals surface area contributed by atoms with Crippen molar-refractivity contribution < 1.29 is 4.74 Å². The van der Waals surface area contributed by atoms with Gasteiger partial charge >= 0.3 is 0 Å². The number of methoxy groups -OCH3 is 1. The lowest BCUT2D eigenvalue weighted by molar-refractivity contribution is 0.420. The summed E-state index contributed by atoms with van der Waals surface area (Å²) in [5, 5.41) is 13.4. The molecule has 0 atom stereocenters. The van der Waals surface area contributed by atoms with Gasteiger partial charge in [0.25, 0.3) is 0 Å². The number of nitriles is 1. The van der Waals surface area contributed by atoms with Crippen LogP contribution in [-0.4, -0.2) is 18.6 Å². The van der Waals surface area contributed by atoms with Crippen molar-refractivity contribution in [2.45, 2.75) is 13.3 Å². The van der Waals surface area contributed by atoms with Gasteiger partial charge in [-0.1, -0.05) is 6.92 Å². The van der Waals surface area contributed by atoms with Gasteiger partial charge in [0.1, 0.15) is 11.8 Å². The van der Waals surface area contributed by atoms with Crippen LogP contribution < -0.4 is 10.1 Å². The Morgan fingerprint density at radius 2 is 2.26 bits per heavy atom. The van der Waals surface area contributed by atoms with Crippen LogP contribution in [-0.2, 0) is 0 Å². The quantitative estimate of drug-likeness (QED) is 0.933. The number of nitrogens with zero attached hydrogens (tertiary/aromatic N) is 2. The van der Waals surface area contributed by atoms with E-state index in [1.54, 1.807) is 13.3 Å². The standard InChI is InChI=1S/C14H14BrN3O/c1-3-6-17-13-9(7-16)8-18-14-10(15)4-5-11(19-2)12(13)14/h4-5,8H,3,6H2,1-2H3,(H,17,18). The summed E-state index contributed by atoms with van der Waals surface area (Å²) in [6.45, 7) is 2.87. The predicted molar refractivity (Wildman–Crippen MR) is 79.5 cm³/mol. The molecule has 0 radical (unpaired) electrons. The van der Waals surface area contributed by atoms with Crippen LogP contribution in [0.25, 0.3) is 10.9 Å². The van der Waals surface area contributed by atoms with Crippen molar-refractivity contribution in [2.24, 2.45) is 0 Å². The molecule has 0 aliphatic heterocycles. The minimum absolute atomic E-state index is 0.525. The Kier molecular flexibility index (Phi) is 4.23. The van der Waals surface area contributed by atoms with E-state index in [4.69, 9.17) is 4.74 Å². The summed E-state index contributed by atoms with van der Waals surface area (Å²) in [6.07, 6.45) is 2.57. The first kappa shape index (κ1) is 13.6. The molecule has 0 unspecified atom stereocenters. The zero-order valence-corrected chi connectivity index (χ0v) is 12.4. The molecule has 2 rings (SSSR count). The lowest BCUT2D eigenvalue weighted by atomic mass is 10.1. The van der Waals surface area contributed by atoms with Gasteiger partial charge in [0.2, 0.25) is 0 Å². The Bertz CT molecular complexity index is 649. The molecule has 0 fully saturated rings. The Morgan fingerprint density at radius 3 is 2.89 bits per heavy atom. The number of halogens is 1. The molecule has 0 bridgehead atoms. The number of benzene rings is 1. The summed E-state index contributed by atoms with van der Waals surface area (Å²) in [5.74, 6) is 0.710. The summed E-state index contributed by atoms with van der Waals surface area (Å²) in [5.41, 5.74) is 2.10. The van der Waals surface area contributed by atoms with Crippen molar-refractivity contribution in [1.29, 1.82) is 5.26 Å². The Hall–Kier alpha value is -1.80. The summed E-state index contributed by atoms with van der Waals surface area (Å²) in [6, 6.07) is 5.93. The van der Waals surface area contributed by atoms with Crippen LogP contribution in [0.2, 0.25) is 0 Å². The molecule has 98 valence electrons.